The SMILES string of the molecule is c1c2c(cc3c1OCCO3)OCCN2. The monoisotopic (exact) mass is 193 g/mol. The maximum atomic E-state index is 5.49. The van der Waals surface area contributed by atoms with Crippen molar-refractivity contribution in [3.05, 3.63) is 12.1 Å². The summed E-state index contributed by atoms with van der Waals surface area (Å²) >= 11 is 0. The van der Waals surface area contributed by atoms with E-state index in [4.69, 9.17) is 14.2 Å². The summed E-state index contributed by atoms with van der Waals surface area (Å²) < 4.78 is 16.4. The van der Waals surface area contributed by atoms with Gasteiger partial charge in [0.25, 0.3) is 0 Å². The fraction of sp³-hybridized carbons (Fsp3) is 0.400. The Labute approximate surface area is 81.8 Å². The molecule has 0 aliphatic carbocycles. The predicted molar refractivity (Wildman–Crippen MR) is 51.4 cm³/mol. The average Bonchev–Trinajstić information content (AvgIpc) is 2.26. The van der Waals surface area contributed by atoms with Gasteiger partial charge in [-0.3, -0.25) is 0 Å². The number of nitrogens with one attached hydrogen (secondary N) is 1. The molecule has 3 rings (SSSR count). The van der Waals surface area contributed by atoms with E-state index in [0.29, 0.717) is 19.8 Å². The minimum absolute atomic E-state index is 0.610. The number of rotatable bonds is 0. The quantitative estimate of drug-likeness (QED) is 0.673. The van der Waals surface area contributed by atoms with Crippen molar-refractivity contribution >= 4 is 5.69 Å². The van der Waals surface area contributed by atoms with Crippen LogP contribution in [0.3, 0.4) is 0 Å². The highest BCUT2D eigenvalue weighted by molar-refractivity contribution is 5.65. The summed E-state index contributed by atoms with van der Waals surface area (Å²) in [4.78, 5) is 0. The summed E-state index contributed by atoms with van der Waals surface area (Å²) in [6.07, 6.45) is 0. The molecule has 2 aliphatic heterocycles. The van der Waals surface area contributed by atoms with Gasteiger partial charge in [0.15, 0.2) is 11.5 Å². The van der Waals surface area contributed by atoms with Crippen LogP contribution in [0.4, 0.5) is 5.69 Å². The maximum Gasteiger partial charge on any atom is 0.165 e. The first-order valence-electron chi connectivity index (χ1n) is 4.74. The molecule has 1 aromatic carbocycles. The number of fused-ring (bicyclic) bond motifs is 2. The third-order valence-corrected chi connectivity index (χ3v) is 2.32. The fourth-order valence-corrected chi connectivity index (χ4v) is 1.67. The lowest BCUT2D eigenvalue weighted by Gasteiger charge is -2.24. The summed E-state index contributed by atoms with van der Waals surface area (Å²) in [7, 11) is 0. The van der Waals surface area contributed by atoms with E-state index in [1.807, 2.05) is 12.1 Å². The van der Waals surface area contributed by atoms with E-state index >= 15 is 0 Å². The Hall–Kier alpha value is -1.58. The molecule has 4 nitrogen and oxygen atoms in total. The molecule has 0 saturated heterocycles. The van der Waals surface area contributed by atoms with Gasteiger partial charge in [0.2, 0.25) is 0 Å². The normalized spacial score (nSPS) is 17.7. The second kappa shape index (κ2) is 2.97. The molecule has 2 heterocycles. The summed E-state index contributed by atoms with van der Waals surface area (Å²) in [6.45, 7) is 2.77. The van der Waals surface area contributed by atoms with Crippen LogP contribution in [0.1, 0.15) is 0 Å². The highest BCUT2D eigenvalue weighted by atomic mass is 16.6. The fourth-order valence-electron chi connectivity index (χ4n) is 1.67. The van der Waals surface area contributed by atoms with Gasteiger partial charge in [-0.1, -0.05) is 0 Å². The molecular weight excluding hydrogens is 182 g/mol. The highest BCUT2D eigenvalue weighted by Gasteiger charge is 2.18. The van der Waals surface area contributed by atoms with Crippen LogP contribution in [0.2, 0.25) is 0 Å². The lowest BCUT2D eigenvalue weighted by molar-refractivity contribution is 0.170. The van der Waals surface area contributed by atoms with E-state index in [0.717, 1.165) is 29.5 Å². The first-order chi connectivity index (χ1) is 6.93. The summed E-state index contributed by atoms with van der Waals surface area (Å²) in [5.74, 6) is 2.42. The second-order valence-corrected chi connectivity index (χ2v) is 3.27. The van der Waals surface area contributed by atoms with E-state index in [-0.39, 0.29) is 0 Å². The molecule has 14 heavy (non-hydrogen) atoms. The van der Waals surface area contributed by atoms with Crippen LogP contribution in [0.15, 0.2) is 12.1 Å². The molecular formula is C10H11NO3. The molecule has 0 atom stereocenters. The van der Waals surface area contributed by atoms with Gasteiger partial charge in [-0.2, -0.15) is 0 Å². The number of hydrogen-bond donors (Lipinski definition) is 1. The Balaban J connectivity index is 2.06. The van der Waals surface area contributed by atoms with Gasteiger partial charge in [0.05, 0.1) is 5.69 Å². The standard InChI is InChI=1S/C10H11NO3/c1-2-12-8-6-10-9(5-7(8)11-1)13-3-4-14-10/h5-6,11H,1-4H2. The van der Waals surface area contributed by atoms with E-state index in [1.54, 1.807) is 0 Å². The molecule has 0 aromatic heterocycles. The van der Waals surface area contributed by atoms with Gasteiger partial charge < -0.3 is 19.5 Å². The number of ether oxygens (including phenoxy) is 3. The molecule has 0 bridgehead atoms. The zero-order valence-corrected chi connectivity index (χ0v) is 7.71. The molecule has 0 spiro atoms. The summed E-state index contributed by atoms with van der Waals surface area (Å²) in [6, 6.07) is 3.82. The van der Waals surface area contributed by atoms with Gasteiger partial charge in [-0.15, -0.1) is 0 Å². The molecule has 4 heteroatoms. The van der Waals surface area contributed by atoms with Gasteiger partial charge in [-0.25, -0.2) is 0 Å². The van der Waals surface area contributed by atoms with Crippen molar-refractivity contribution in [2.24, 2.45) is 0 Å². The minimum atomic E-state index is 0.610. The van der Waals surface area contributed by atoms with Gasteiger partial charge in [0, 0.05) is 18.7 Å². The Bertz CT molecular complexity index is 298. The number of anilines is 1. The first kappa shape index (κ1) is 7.79. The van der Waals surface area contributed by atoms with Crippen molar-refractivity contribution < 1.29 is 14.2 Å². The third-order valence-electron chi connectivity index (χ3n) is 2.32. The van der Waals surface area contributed by atoms with E-state index in [2.05, 4.69) is 5.32 Å². The first-order valence-corrected chi connectivity index (χ1v) is 4.74. The molecule has 0 saturated carbocycles. The van der Waals surface area contributed by atoms with E-state index in [1.165, 1.54) is 0 Å². The van der Waals surface area contributed by atoms with Crippen molar-refractivity contribution in [2.45, 2.75) is 0 Å². The van der Waals surface area contributed by atoms with Crippen LogP contribution >= 0.6 is 0 Å². The van der Waals surface area contributed by atoms with Crippen LogP contribution in [0.5, 0.6) is 17.2 Å². The van der Waals surface area contributed by atoms with Crippen LogP contribution in [-0.2, 0) is 0 Å². The highest BCUT2D eigenvalue weighted by Crippen LogP contribution is 2.40. The van der Waals surface area contributed by atoms with Gasteiger partial charge in [-0.05, 0) is 0 Å². The van der Waals surface area contributed by atoms with Crippen LogP contribution in [0.25, 0.3) is 0 Å². The van der Waals surface area contributed by atoms with Crippen LogP contribution < -0.4 is 19.5 Å². The van der Waals surface area contributed by atoms with Crippen molar-refractivity contribution in [2.75, 3.05) is 31.7 Å². The molecule has 74 valence electrons. The number of hydrogen-bond acceptors (Lipinski definition) is 4. The zero-order chi connectivity index (χ0) is 9.38. The van der Waals surface area contributed by atoms with Crippen molar-refractivity contribution in [3.8, 4) is 17.2 Å². The molecule has 1 aromatic rings. The molecule has 0 radical (unpaired) electrons. The van der Waals surface area contributed by atoms with Crippen LogP contribution in [0, 0.1) is 0 Å². The third kappa shape index (κ3) is 1.14. The Morgan fingerprint density at radius 2 is 1.57 bits per heavy atom. The summed E-state index contributed by atoms with van der Waals surface area (Å²) in [5.41, 5.74) is 0.987. The smallest absolute Gasteiger partial charge is 0.165 e. The molecule has 0 amide bonds. The van der Waals surface area contributed by atoms with Gasteiger partial charge >= 0.3 is 0 Å². The predicted octanol–water partition coefficient (Wildman–Crippen LogP) is 1.26. The Kier molecular flexibility index (Phi) is 1.65. The van der Waals surface area contributed by atoms with Crippen molar-refractivity contribution in [1.29, 1.82) is 0 Å². The Morgan fingerprint density at radius 1 is 0.857 bits per heavy atom. The van der Waals surface area contributed by atoms with E-state index < -0.39 is 0 Å². The van der Waals surface area contributed by atoms with Crippen molar-refractivity contribution in [1.82, 2.24) is 0 Å². The van der Waals surface area contributed by atoms with Crippen LogP contribution in [-0.4, -0.2) is 26.4 Å². The lowest BCUT2D eigenvalue weighted by Crippen LogP contribution is -2.20. The minimum Gasteiger partial charge on any atom is -0.489 e. The lowest BCUT2D eigenvalue weighted by atomic mass is 10.2. The molecule has 2 aliphatic rings. The molecule has 0 fully saturated rings. The molecule has 0 unspecified atom stereocenters. The second-order valence-electron chi connectivity index (χ2n) is 3.27. The molecule has 1 N–H and O–H groups in total. The number of benzene rings is 1. The van der Waals surface area contributed by atoms with E-state index in [9.17, 15) is 0 Å². The maximum absolute atomic E-state index is 5.49. The topological polar surface area (TPSA) is 39.7 Å². The largest absolute Gasteiger partial charge is 0.489 e. The van der Waals surface area contributed by atoms with Gasteiger partial charge in [0.1, 0.15) is 25.6 Å². The summed E-state index contributed by atoms with van der Waals surface area (Å²) in [5, 5.41) is 3.25. The van der Waals surface area contributed by atoms with Crippen molar-refractivity contribution in [3.63, 3.8) is 0 Å². The average molecular weight is 193 g/mol. The Morgan fingerprint density at radius 3 is 2.43 bits per heavy atom. The zero-order valence-electron chi connectivity index (χ0n) is 7.71.